The highest BCUT2D eigenvalue weighted by atomic mass is 16.4. The van der Waals surface area contributed by atoms with Crippen LogP contribution >= 0.6 is 0 Å². The molecule has 21 heavy (non-hydrogen) atoms. The Labute approximate surface area is 124 Å². The maximum Gasteiger partial charge on any atom is 0.335 e. The molecule has 0 amide bonds. The monoisotopic (exact) mass is 281 g/mol. The summed E-state index contributed by atoms with van der Waals surface area (Å²) < 4.78 is 0. The van der Waals surface area contributed by atoms with Gasteiger partial charge in [0.1, 0.15) is 0 Å². The van der Waals surface area contributed by atoms with Gasteiger partial charge in [0.25, 0.3) is 0 Å². The van der Waals surface area contributed by atoms with E-state index in [9.17, 15) is 4.79 Å². The molecule has 0 radical (unpaired) electrons. The van der Waals surface area contributed by atoms with Gasteiger partial charge in [-0.25, -0.2) is 4.79 Å². The lowest BCUT2D eigenvalue weighted by Crippen LogP contribution is -2.33. The highest BCUT2D eigenvalue weighted by molar-refractivity contribution is 5.88. The van der Waals surface area contributed by atoms with Crippen LogP contribution in [0, 0.1) is 6.92 Å². The van der Waals surface area contributed by atoms with Gasteiger partial charge in [-0.3, -0.25) is 0 Å². The minimum Gasteiger partial charge on any atom is -0.478 e. The zero-order valence-corrected chi connectivity index (χ0v) is 12.0. The van der Waals surface area contributed by atoms with Gasteiger partial charge in [-0.15, -0.1) is 0 Å². The molecule has 0 bridgehead atoms. The molecule has 0 unspecified atom stereocenters. The number of aromatic carboxylic acids is 1. The third-order valence-corrected chi connectivity index (χ3v) is 4.19. The summed E-state index contributed by atoms with van der Waals surface area (Å²) in [7, 11) is 0. The predicted octanol–water partition coefficient (Wildman–Crippen LogP) is 4.05. The van der Waals surface area contributed by atoms with Crippen molar-refractivity contribution in [3.8, 4) is 0 Å². The third kappa shape index (κ3) is 3.07. The van der Waals surface area contributed by atoms with E-state index in [0.717, 1.165) is 18.5 Å². The van der Waals surface area contributed by atoms with E-state index >= 15 is 0 Å². The average molecular weight is 281 g/mol. The number of carboxylic acid groups (broad SMARTS) is 1. The second-order valence-electron chi connectivity index (χ2n) is 5.80. The number of anilines is 1. The minimum atomic E-state index is -0.885. The topological polar surface area (TPSA) is 49.3 Å². The van der Waals surface area contributed by atoms with Crippen LogP contribution in [0.4, 0.5) is 5.69 Å². The highest BCUT2D eigenvalue weighted by Gasteiger charge is 2.29. The molecule has 0 atom stereocenters. The number of benzene rings is 2. The lowest BCUT2D eigenvalue weighted by Gasteiger charge is -2.37. The molecule has 3 rings (SSSR count). The fourth-order valence-electron chi connectivity index (χ4n) is 2.79. The molecule has 0 aromatic heterocycles. The molecule has 0 saturated heterocycles. The van der Waals surface area contributed by atoms with E-state index in [1.165, 1.54) is 11.1 Å². The molecule has 2 aromatic rings. The Morgan fingerprint density at radius 1 is 1.05 bits per heavy atom. The maximum atomic E-state index is 10.8. The zero-order chi connectivity index (χ0) is 14.8. The van der Waals surface area contributed by atoms with Crippen molar-refractivity contribution in [1.29, 1.82) is 0 Å². The van der Waals surface area contributed by atoms with Gasteiger partial charge in [-0.1, -0.05) is 29.8 Å². The van der Waals surface area contributed by atoms with E-state index in [0.29, 0.717) is 17.5 Å². The van der Waals surface area contributed by atoms with E-state index < -0.39 is 5.97 Å². The fraction of sp³-hybridized carbons (Fsp3) is 0.278. The molecule has 0 spiro atoms. The van der Waals surface area contributed by atoms with Gasteiger partial charge in [0.05, 0.1) is 5.56 Å². The van der Waals surface area contributed by atoms with Crippen LogP contribution in [-0.2, 0) is 0 Å². The summed E-state index contributed by atoms with van der Waals surface area (Å²) in [4.78, 5) is 10.8. The molecule has 1 fully saturated rings. The summed E-state index contributed by atoms with van der Waals surface area (Å²) >= 11 is 0. The van der Waals surface area contributed by atoms with Gasteiger partial charge >= 0.3 is 5.97 Å². The maximum absolute atomic E-state index is 10.8. The second kappa shape index (κ2) is 5.60. The van der Waals surface area contributed by atoms with Crippen LogP contribution in [0.25, 0.3) is 0 Å². The first-order valence-electron chi connectivity index (χ1n) is 7.28. The van der Waals surface area contributed by atoms with Crippen LogP contribution in [0.5, 0.6) is 0 Å². The number of aryl methyl sites for hydroxylation is 1. The number of hydrogen-bond acceptors (Lipinski definition) is 2. The Bertz CT molecular complexity index is 625. The van der Waals surface area contributed by atoms with Crippen molar-refractivity contribution in [3.05, 3.63) is 65.2 Å². The SMILES string of the molecule is Cc1ccc(C2CC(Nc3ccc(C(=O)O)cc3)C2)cc1. The lowest BCUT2D eigenvalue weighted by atomic mass is 9.75. The van der Waals surface area contributed by atoms with Crippen LogP contribution < -0.4 is 5.32 Å². The van der Waals surface area contributed by atoms with Gasteiger partial charge in [0, 0.05) is 11.7 Å². The Morgan fingerprint density at radius 3 is 2.24 bits per heavy atom. The van der Waals surface area contributed by atoms with E-state index in [-0.39, 0.29) is 0 Å². The van der Waals surface area contributed by atoms with Gasteiger partial charge < -0.3 is 10.4 Å². The summed E-state index contributed by atoms with van der Waals surface area (Å²) in [6.45, 7) is 2.11. The van der Waals surface area contributed by atoms with Gasteiger partial charge in [0.2, 0.25) is 0 Å². The van der Waals surface area contributed by atoms with Crippen molar-refractivity contribution < 1.29 is 9.90 Å². The molecule has 0 heterocycles. The molecule has 108 valence electrons. The molecule has 3 nitrogen and oxygen atoms in total. The summed E-state index contributed by atoms with van der Waals surface area (Å²) in [6.07, 6.45) is 2.26. The standard InChI is InChI=1S/C18H19NO2/c1-12-2-4-13(5-3-12)15-10-17(11-15)19-16-8-6-14(7-9-16)18(20)21/h2-9,15,17,19H,10-11H2,1H3,(H,20,21). The minimum absolute atomic E-state index is 0.326. The van der Waals surface area contributed by atoms with E-state index in [1.807, 2.05) is 12.1 Å². The Hall–Kier alpha value is -2.29. The highest BCUT2D eigenvalue weighted by Crippen LogP contribution is 2.38. The number of hydrogen-bond donors (Lipinski definition) is 2. The normalized spacial score (nSPS) is 20.6. The predicted molar refractivity (Wildman–Crippen MR) is 84.0 cm³/mol. The molecule has 1 saturated carbocycles. The van der Waals surface area contributed by atoms with Crippen molar-refractivity contribution >= 4 is 11.7 Å². The smallest absolute Gasteiger partial charge is 0.335 e. The first-order valence-corrected chi connectivity index (χ1v) is 7.28. The fourth-order valence-corrected chi connectivity index (χ4v) is 2.79. The Kier molecular flexibility index (Phi) is 3.65. The molecular weight excluding hydrogens is 262 g/mol. The lowest BCUT2D eigenvalue weighted by molar-refractivity contribution is 0.0697. The van der Waals surface area contributed by atoms with Crippen LogP contribution in [0.15, 0.2) is 48.5 Å². The van der Waals surface area contributed by atoms with Gasteiger partial charge in [-0.2, -0.15) is 0 Å². The average Bonchev–Trinajstić information content (AvgIpc) is 2.44. The summed E-state index contributed by atoms with van der Waals surface area (Å²) in [5.74, 6) is -0.244. The van der Waals surface area contributed by atoms with E-state index in [1.54, 1.807) is 12.1 Å². The van der Waals surface area contributed by atoms with Crippen molar-refractivity contribution in [2.75, 3.05) is 5.32 Å². The molecule has 3 heteroatoms. The van der Waals surface area contributed by atoms with Gasteiger partial charge in [-0.05, 0) is 55.5 Å². The quantitative estimate of drug-likeness (QED) is 0.888. The summed E-state index contributed by atoms with van der Waals surface area (Å²) in [6, 6.07) is 16.2. The molecule has 2 aromatic carbocycles. The van der Waals surface area contributed by atoms with Crippen molar-refractivity contribution in [2.24, 2.45) is 0 Å². The largest absolute Gasteiger partial charge is 0.478 e. The third-order valence-electron chi connectivity index (χ3n) is 4.19. The molecular formula is C18H19NO2. The summed E-state index contributed by atoms with van der Waals surface area (Å²) in [5, 5.41) is 12.3. The molecule has 1 aliphatic rings. The second-order valence-corrected chi connectivity index (χ2v) is 5.80. The molecule has 1 aliphatic carbocycles. The van der Waals surface area contributed by atoms with Crippen LogP contribution in [0.1, 0.15) is 40.2 Å². The first-order chi connectivity index (χ1) is 10.1. The first kappa shape index (κ1) is 13.7. The molecule has 0 aliphatic heterocycles. The number of carboxylic acids is 1. The number of carbonyl (C=O) groups is 1. The van der Waals surface area contributed by atoms with E-state index in [4.69, 9.17) is 5.11 Å². The van der Waals surface area contributed by atoms with Crippen LogP contribution in [-0.4, -0.2) is 17.1 Å². The van der Waals surface area contributed by atoms with Crippen molar-refractivity contribution in [2.45, 2.75) is 31.7 Å². The Morgan fingerprint density at radius 2 is 1.67 bits per heavy atom. The number of rotatable bonds is 4. The van der Waals surface area contributed by atoms with Crippen molar-refractivity contribution in [1.82, 2.24) is 0 Å². The van der Waals surface area contributed by atoms with E-state index in [2.05, 4.69) is 36.5 Å². The molecule has 2 N–H and O–H groups in total. The van der Waals surface area contributed by atoms with Gasteiger partial charge in [0.15, 0.2) is 0 Å². The van der Waals surface area contributed by atoms with Crippen LogP contribution in [0.3, 0.4) is 0 Å². The Balaban J connectivity index is 1.54. The van der Waals surface area contributed by atoms with Crippen LogP contribution in [0.2, 0.25) is 0 Å². The number of nitrogens with one attached hydrogen (secondary N) is 1. The van der Waals surface area contributed by atoms with Crippen molar-refractivity contribution in [3.63, 3.8) is 0 Å². The summed E-state index contributed by atoms with van der Waals surface area (Å²) in [5.41, 5.74) is 4.03. The zero-order valence-electron chi connectivity index (χ0n) is 12.0.